The third kappa shape index (κ3) is 3.08. The van der Waals surface area contributed by atoms with Crippen molar-refractivity contribution in [2.75, 3.05) is 0 Å². The molecule has 1 aliphatic carbocycles. The maximum atomic E-state index is 13.6. The second kappa shape index (κ2) is 5.79. The van der Waals surface area contributed by atoms with Crippen LogP contribution in [-0.2, 0) is 0 Å². The van der Waals surface area contributed by atoms with Crippen molar-refractivity contribution in [1.82, 2.24) is 0 Å². The summed E-state index contributed by atoms with van der Waals surface area (Å²) in [4.78, 5) is 11.9. The Balaban J connectivity index is 2.10. The molecular formula is C14H15ClF2O. The lowest BCUT2D eigenvalue weighted by molar-refractivity contribution is 0.0946. The van der Waals surface area contributed by atoms with Crippen molar-refractivity contribution in [1.29, 1.82) is 0 Å². The van der Waals surface area contributed by atoms with Gasteiger partial charge in [-0.1, -0.05) is 43.7 Å². The molecule has 1 aliphatic rings. The molecule has 1 aromatic rings. The highest BCUT2D eigenvalue weighted by Gasteiger charge is 2.21. The first kappa shape index (κ1) is 13.5. The fourth-order valence-electron chi connectivity index (χ4n) is 2.50. The van der Waals surface area contributed by atoms with Crippen LogP contribution in [0.4, 0.5) is 8.78 Å². The second-order valence-electron chi connectivity index (χ2n) is 4.88. The van der Waals surface area contributed by atoms with Gasteiger partial charge in [0.25, 0.3) is 0 Å². The van der Waals surface area contributed by atoms with Gasteiger partial charge in [0, 0.05) is 6.42 Å². The molecule has 0 spiro atoms. The molecule has 98 valence electrons. The van der Waals surface area contributed by atoms with Gasteiger partial charge in [-0.3, -0.25) is 4.79 Å². The number of ketones is 1. The summed E-state index contributed by atoms with van der Waals surface area (Å²) in [5.41, 5.74) is -0.178. The fraction of sp³-hybridized carbons (Fsp3) is 0.500. The minimum Gasteiger partial charge on any atom is -0.294 e. The van der Waals surface area contributed by atoms with Gasteiger partial charge in [-0.2, -0.15) is 0 Å². The topological polar surface area (TPSA) is 17.1 Å². The quantitative estimate of drug-likeness (QED) is 0.572. The van der Waals surface area contributed by atoms with E-state index in [9.17, 15) is 13.6 Å². The fourth-order valence-corrected chi connectivity index (χ4v) is 2.65. The lowest BCUT2D eigenvalue weighted by atomic mass is 9.85. The van der Waals surface area contributed by atoms with Crippen LogP contribution in [0.3, 0.4) is 0 Å². The van der Waals surface area contributed by atoms with Crippen LogP contribution in [0.2, 0.25) is 5.02 Å². The molecule has 0 heterocycles. The molecule has 0 unspecified atom stereocenters. The van der Waals surface area contributed by atoms with Crippen LogP contribution >= 0.6 is 11.6 Å². The number of Topliss-reactive ketones (excluding diaryl/α,β-unsaturated/α-hetero) is 1. The summed E-state index contributed by atoms with van der Waals surface area (Å²) < 4.78 is 26.8. The van der Waals surface area contributed by atoms with E-state index in [1.807, 2.05) is 0 Å². The standard InChI is InChI=1S/C14H15ClF2O/c15-11-8-12(16)10(7-13(11)17)14(18)6-9-4-2-1-3-5-9/h7-9H,1-6H2. The number of carbonyl (C=O) groups is 1. The monoisotopic (exact) mass is 272 g/mol. The Bertz CT molecular complexity index is 453. The zero-order valence-corrected chi connectivity index (χ0v) is 10.8. The summed E-state index contributed by atoms with van der Waals surface area (Å²) in [7, 11) is 0. The molecule has 0 radical (unpaired) electrons. The molecule has 1 saturated carbocycles. The predicted octanol–water partition coefficient (Wildman–Crippen LogP) is 4.77. The van der Waals surface area contributed by atoms with Crippen molar-refractivity contribution in [3.05, 3.63) is 34.4 Å². The highest BCUT2D eigenvalue weighted by Crippen LogP contribution is 2.28. The summed E-state index contributed by atoms with van der Waals surface area (Å²) in [5.74, 6) is -1.49. The summed E-state index contributed by atoms with van der Waals surface area (Å²) >= 11 is 5.46. The van der Waals surface area contributed by atoms with Crippen LogP contribution in [0.5, 0.6) is 0 Å². The Morgan fingerprint density at radius 2 is 1.83 bits per heavy atom. The second-order valence-corrected chi connectivity index (χ2v) is 5.28. The third-order valence-electron chi connectivity index (χ3n) is 3.51. The Kier molecular flexibility index (Phi) is 4.33. The molecule has 0 aliphatic heterocycles. The van der Waals surface area contributed by atoms with E-state index in [1.54, 1.807) is 0 Å². The van der Waals surface area contributed by atoms with Crippen molar-refractivity contribution in [2.24, 2.45) is 5.92 Å². The van der Waals surface area contributed by atoms with Crippen molar-refractivity contribution < 1.29 is 13.6 Å². The van der Waals surface area contributed by atoms with E-state index in [0.29, 0.717) is 12.3 Å². The highest BCUT2D eigenvalue weighted by atomic mass is 35.5. The maximum Gasteiger partial charge on any atom is 0.166 e. The van der Waals surface area contributed by atoms with Crippen LogP contribution in [0.25, 0.3) is 0 Å². The molecule has 0 amide bonds. The molecule has 4 heteroatoms. The molecule has 18 heavy (non-hydrogen) atoms. The summed E-state index contributed by atoms with van der Waals surface area (Å²) in [6, 6.07) is 1.77. The highest BCUT2D eigenvalue weighted by molar-refractivity contribution is 6.30. The lowest BCUT2D eigenvalue weighted by Gasteiger charge is -2.20. The van der Waals surface area contributed by atoms with Crippen molar-refractivity contribution >= 4 is 17.4 Å². The minimum atomic E-state index is -0.745. The van der Waals surface area contributed by atoms with Gasteiger partial charge in [0.05, 0.1) is 10.6 Å². The molecule has 0 saturated heterocycles. The van der Waals surface area contributed by atoms with Crippen LogP contribution in [-0.4, -0.2) is 5.78 Å². The number of benzene rings is 1. The van der Waals surface area contributed by atoms with Crippen LogP contribution in [0.1, 0.15) is 48.9 Å². The van der Waals surface area contributed by atoms with E-state index in [1.165, 1.54) is 6.42 Å². The Hall–Kier alpha value is -0.960. The Morgan fingerprint density at radius 1 is 1.17 bits per heavy atom. The third-order valence-corrected chi connectivity index (χ3v) is 3.80. The summed E-state index contributed by atoms with van der Waals surface area (Å²) in [5, 5.41) is -0.290. The zero-order chi connectivity index (χ0) is 13.1. The van der Waals surface area contributed by atoms with Gasteiger partial charge in [0.15, 0.2) is 5.78 Å². The minimum absolute atomic E-state index is 0.178. The molecule has 0 bridgehead atoms. The average molecular weight is 273 g/mol. The molecule has 2 rings (SSSR count). The lowest BCUT2D eigenvalue weighted by Crippen LogP contribution is -2.13. The van der Waals surface area contributed by atoms with Gasteiger partial charge >= 0.3 is 0 Å². The van der Waals surface area contributed by atoms with Gasteiger partial charge in [-0.05, 0) is 18.1 Å². The van der Waals surface area contributed by atoms with Crippen LogP contribution < -0.4 is 0 Å². The summed E-state index contributed by atoms with van der Waals surface area (Å²) in [6.07, 6.45) is 5.75. The Labute approximate surface area is 110 Å². The molecular weight excluding hydrogens is 258 g/mol. The van der Waals surface area contributed by atoms with E-state index < -0.39 is 11.6 Å². The van der Waals surface area contributed by atoms with Gasteiger partial charge in [-0.25, -0.2) is 8.78 Å². The van der Waals surface area contributed by atoms with E-state index in [0.717, 1.165) is 37.8 Å². The van der Waals surface area contributed by atoms with Crippen molar-refractivity contribution in [3.63, 3.8) is 0 Å². The van der Waals surface area contributed by atoms with E-state index in [2.05, 4.69) is 0 Å². The van der Waals surface area contributed by atoms with E-state index in [4.69, 9.17) is 11.6 Å². The maximum absolute atomic E-state index is 13.6. The van der Waals surface area contributed by atoms with Gasteiger partial charge in [0.1, 0.15) is 11.6 Å². The van der Waals surface area contributed by atoms with Gasteiger partial charge in [-0.15, -0.1) is 0 Å². The number of hydrogen-bond donors (Lipinski definition) is 0. The van der Waals surface area contributed by atoms with Crippen LogP contribution in [0.15, 0.2) is 12.1 Å². The van der Waals surface area contributed by atoms with Gasteiger partial charge in [0.2, 0.25) is 0 Å². The molecule has 0 aromatic heterocycles. The average Bonchev–Trinajstić information content (AvgIpc) is 2.35. The normalized spacial score (nSPS) is 16.8. The van der Waals surface area contributed by atoms with E-state index in [-0.39, 0.29) is 16.4 Å². The van der Waals surface area contributed by atoms with E-state index >= 15 is 0 Å². The smallest absolute Gasteiger partial charge is 0.166 e. The molecule has 1 nitrogen and oxygen atoms in total. The first-order chi connectivity index (χ1) is 8.58. The largest absolute Gasteiger partial charge is 0.294 e. The number of carbonyl (C=O) groups excluding carboxylic acids is 1. The van der Waals surface area contributed by atoms with Crippen LogP contribution in [0, 0.1) is 17.6 Å². The SMILES string of the molecule is O=C(CC1CCCCC1)c1cc(F)c(Cl)cc1F. The molecule has 0 atom stereocenters. The predicted molar refractivity (Wildman–Crippen MR) is 66.9 cm³/mol. The zero-order valence-electron chi connectivity index (χ0n) is 10.0. The Morgan fingerprint density at radius 3 is 2.50 bits per heavy atom. The number of hydrogen-bond acceptors (Lipinski definition) is 1. The molecule has 0 N–H and O–H groups in total. The van der Waals surface area contributed by atoms with Gasteiger partial charge < -0.3 is 0 Å². The first-order valence-electron chi connectivity index (χ1n) is 6.25. The molecule has 1 aromatic carbocycles. The number of halogens is 3. The number of rotatable bonds is 3. The van der Waals surface area contributed by atoms with Crippen molar-refractivity contribution in [3.8, 4) is 0 Å². The first-order valence-corrected chi connectivity index (χ1v) is 6.63. The summed E-state index contributed by atoms with van der Waals surface area (Å²) in [6.45, 7) is 0. The molecule has 1 fully saturated rings. The van der Waals surface area contributed by atoms with Crippen molar-refractivity contribution in [2.45, 2.75) is 38.5 Å².